The molecule has 0 aliphatic rings. The van der Waals surface area contributed by atoms with Gasteiger partial charge in [-0.05, 0) is 36.2 Å². The molecular formula is C19H18ClN3O3. The van der Waals surface area contributed by atoms with Crippen LogP contribution in [0.5, 0.6) is 5.75 Å². The Hall–Kier alpha value is -2.86. The summed E-state index contributed by atoms with van der Waals surface area (Å²) in [6.45, 7) is 0.359. The maximum atomic E-state index is 12.6. The van der Waals surface area contributed by atoms with E-state index in [2.05, 4.69) is 10.4 Å². The smallest absolute Gasteiger partial charge is 0.275 e. The number of ether oxygens (including phenoxy) is 1. The minimum atomic E-state index is -0.512. The molecule has 3 aromatic rings. The summed E-state index contributed by atoms with van der Waals surface area (Å²) in [6.07, 6.45) is 0.579. The number of methoxy groups -OCH3 is 1. The number of aryl methyl sites for hydroxylation is 1. The van der Waals surface area contributed by atoms with Crippen molar-refractivity contribution in [1.82, 2.24) is 15.1 Å². The first-order valence-electron chi connectivity index (χ1n) is 8.08. The monoisotopic (exact) mass is 371 g/mol. The van der Waals surface area contributed by atoms with Gasteiger partial charge in [0, 0.05) is 18.6 Å². The molecule has 0 radical (unpaired) electrons. The van der Waals surface area contributed by atoms with Crippen LogP contribution in [0.25, 0.3) is 10.9 Å². The van der Waals surface area contributed by atoms with Crippen LogP contribution < -0.4 is 15.5 Å². The van der Waals surface area contributed by atoms with E-state index >= 15 is 0 Å². The second-order valence-corrected chi connectivity index (χ2v) is 6.22. The zero-order chi connectivity index (χ0) is 18.7. The van der Waals surface area contributed by atoms with E-state index in [0.29, 0.717) is 28.9 Å². The van der Waals surface area contributed by atoms with Crippen LogP contribution >= 0.6 is 11.6 Å². The highest BCUT2D eigenvalue weighted by atomic mass is 35.5. The fourth-order valence-electron chi connectivity index (χ4n) is 2.80. The van der Waals surface area contributed by atoms with Crippen LogP contribution in [0.3, 0.4) is 0 Å². The van der Waals surface area contributed by atoms with Crippen molar-refractivity contribution in [2.45, 2.75) is 6.42 Å². The predicted molar refractivity (Wildman–Crippen MR) is 101 cm³/mol. The lowest BCUT2D eigenvalue weighted by atomic mass is 10.1. The zero-order valence-corrected chi connectivity index (χ0v) is 15.2. The molecule has 0 spiro atoms. The number of para-hydroxylation sites is 1. The average Bonchev–Trinajstić information content (AvgIpc) is 2.64. The van der Waals surface area contributed by atoms with Gasteiger partial charge in [0.1, 0.15) is 5.75 Å². The first-order valence-corrected chi connectivity index (χ1v) is 8.45. The summed E-state index contributed by atoms with van der Waals surface area (Å²) in [5.74, 6) is 0.249. The van der Waals surface area contributed by atoms with Crippen molar-refractivity contribution in [1.29, 1.82) is 0 Å². The van der Waals surface area contributed by atoms with Gasteiger partial charge in [-0.25, -0.2) is 0 Å². The van der Waals surface area contributed by atoms with Crippen LogP contribution in [0.2, 0.25) is 5.02 Å². The molecule has 0 atom stereocenters. The summed E-state index contributed by atoms with van der Waals surface area (Å²) in [4.78, 5) is 25.0. The first kappa shape index (κ1) is 17.9. The molecule has 0 saturated heterocycles. The molecule has 0 fully saturated rings. The predicted octanol–water partition coefficient (Wildman–Crippen LogP) is 2.57. The van der Waals surface area contributed by atoms with Crippen LogP contribution in [0, 0.1) is 0 Å². The van der Waals surface area contributed by atoms with Crippen molar-refractivity contribution in [2.75, 3.05) is 13.7 Å². The standard InChI is InChI=1S/C19H18ClN3O3/c1-23-15-8-7-13(20)11-14(15)18(24)17(22-23)19(25)21-10-9-12-5-3-4-6-16(12)26-2/h3-8,11H,9-10H2,1-2H3,(H,21,25). The lowest BCUT2D eigenvalue weighted by Crippen LogP contribution is -2.33. The summed E-state index contributed by atoms with van der Waals surface area (Å²) in [7, 11) is 3.28. The van der Waals surface area contributed by atoms with E-state index < -0.39 is 11.3 Å². The van der Waals surface area contributed by atoms with Gasteiger partial charge in [0.25, 0.3) is 5.91 Å². The van der Waals surface area contributed by atoms with Crippen LogP contribution in [-0.2, 0) is 13.5 Å². The Balaban J connectivity index is 1.80. The number of nitrogens with one attached hydrogen (secondary N) is 1. The largest absolute Gasteiger partial charge is 0.496 e. The van der Waals surface area contributed by atoms with E-state index in [1.807, 2.05) is 24.3 Å². The van der Waals surface area contributed by atoms with E-state index in [-0.39, 0.29) is 5.69 Å². The molecule has 26 heavy (non-hydrogen) atoms. The van der Waals surface area contributed by atoms with Gasteiger partial charge in [-0.15, -0.1) is 0 Å². The van der Waals surface area contributed by atoms with Crippen LogP contribution in [0.4, 0.5) is 0 Å². The van der Waals surface area contributed by atoms with Gasteiger partial charge in [0.15, 0.2) is 5.69 Å². The molecule has 1 heterocycles. The van der Waals surface area contributed by atoms with Gasteiger partial charge < -0.3 is 10.1 Å². The zero-order valence-electron chi connectivity index (χ0n) is 14.5. The minimum Gasteiger partial charge on any atom is -0.496 e. The molecule has 134 valence electrons. The topological polar surface area (TPSA) is 73.2 Å². The molecule has 6 nitrogen and oxygen atoms in total. The highest BCUT2D eigenvalue weighted by Crippen LogP contribution is 2.17. The summed E-state index contributed by atoms with van der Waals surface area (Å²) >= 11 is 5.97. The highest BCUT2D eigenvalue weighted by molar-refractivity contribution is 6.31. The molecular weight excluding hydrogens is 354 g/mol. The maximum absolute atomic E-state index is 12.6. The van der Waals surface area contributed by atoms with Gasteiger partial charge in [-0.1, -0.05) is 29.8 Å². The molecule has 0 bridgehead atoms. The van der Waals surface area contributed by atoms with Crippen molar-refractivity contribution in [3.8, 4) is 5.75 Å². The van der Waals surface area contributed by atoms with Gasteiger partial charge in [0.05, 0.1) is 18.0 Å². The van der Waals surface area contributed by atoms with Crippen molar-refractivity contribution >= 4 is 28.4 Å². The van der Waals surface area contributed by atoms with Gasteiger partial charge in [-0.2, -0.15) is 5.10 Å². The SMILES string of the molecule is COc1ccccc1CCNC(=O)c1nn(C)c2ccc(Cl)cc2c1=O. The lowest BCUT2D eigenvalue weighted by molar-refractivity contribution is 0.0946. The number of hydrogen-bond acceptors (Lipinski definition) is 4. The fourth-order valence-corrected chi connectivity index (χ4v) is 2.97. The van der Waals surface area contributed by atoms with Gasteiger partial charge >= 0.3 is 0 Å². The molecule has 2 aromatic carbocycles. The van der Waals surface area contributed by atoms with Crippen LogP contribution in [0.1, 0.15) is 16.1 Å². The molecule has 1 aromatic heterocycles. The summed E-state index contributed by atoms with van der Waals surface area (Å²) in [5.41, 5.74) is 1.00. The van der Waals surface area contributed by atoms with E-state index in [1.54, 1.807) is 32.4 Å². The molecule has 3 rings (SSSR count). The molecule has 1 amide bonds. The van der Waals surface area contributed by atoms with Crippen molar-refractivity contribution in [3.63, 3.8) is 0 Å². The number of nitrogens with zero attached hydrogens (tertiary/aromatic N) is 2. The summed E-state index contributed by atoms with van der Waals surface area (Å²) in [5, 5.41) is 7.66. The maximum Gasteiger partial charge on any atom is 0.275 e. The Morgan fingerprint density at radius 2 is 2.04 bits per heavy atom. The number of halogens is 1. The Bertz CT molecular complexity index is 1030. The molecule has 1 N–H and O–H groups in total. The van der Waals surface area contributed by atoms with E-state index in [0.717, 1.165) is 11.3 Å². The number of aromatic nitrogens is 2. The van der Waals surface area contributed by atoms with Crippen LogP contribution in [-0.4, -0.2) is 29.3 Å². The van der Waals surface area contributed by atoms with Crippen LogP contribution in [0.15, 0.2) is 47.3 Å². The van der Waals surface area contributed by atoms with E-state index in [9.17, 15) is 9.59 Å². The summed E-state index contributed by atoms with van der Waals surface area (Å²) < 4.78 is 6.79. The normalized spacial score (nSPS) is 10.7. The molecule has 0 aliphatic carbocycles. The number of rotatable bonds is 5. The number of hydrogen-bond donors (Lipinski definition) is 1. The Kier molecular flexibility index (Phi) is 5.23. The number of carbonyl (C=O) groups excluding carboxylic acids is 1. The second kappa shape index (κ2) is 7.58. The Labute approximate surface area is 155 Å². The van der Waals surface area contributed by atoms with E-state index in [1.165, 1.54) is 4.68 Å². The molecule has 0 unspecified atom stereocenters. The molecule has 0 saturated carbocycles. The first-order chi connectivity index (χ1) is 12.5. The minimum absolute atomic E-state index is 0.151. The number of benzene rings is 2. The quantitative estimate of drug-likeness (QED) is 0.748. The highest BCUT2D eigenvalue weighted by Gasteiger charge is 2.16. The molecule has 0 aliphatic heterocycles. The average molecular weight is 372 g/mol. The third kappa shape index (κ3) is 3.55. The number of amides is 1. The third-order valence-electron chi connectivity index (χ3n) is 4.10. The second-order valence-electron chi connectivity index (χ2n) is 5.78. The lowest BCUT2D eigenvalue weighted by Gasteiger charge is -2.10. The van der Waals surface area contributed by atoms with Crippen molar-refractivity contribution in [3.05, 3.63) is 69.0 Å². The number of carbonyl (C=O) groups is 1. The third-order valence-corrected chi connectivity index (χ3v) is 4.34. The van der Waals surface area contributed by atoms with Gasteiger partial charge in [0.2, 0.25) is 5.43 Å². The van der Waals surface area contributed by atoms with E-state index in [4.69, 9.17) is 16.3 Å². The van der Waals surface area contributed by atoms with Gasteiger partial charge in [-0.3, -0.25) is 14.3 Å². The summed E-state index contributed by atoms with van der Waals surface area (Å²) in [6, 6.07) is 12.5. The van der Waals surface area contributed by atoms with Crippen molar-refractivity contribution < 1.29 is 9.53 Å². The number of fused-ring (bicyclic) bond motifs is 1. The Morgan fingerprint density at radius 3 is 2.81 bits per heavy atom. The fraction of sp³-hybridized carbons (Fsp3) is 0.211. The van der Waals surface area contributed by atoms with Crippen molar-refractivity contribution in [2.24, 2.45) is 7.05 Å². The molecule has 7 heteroatoms. The Morgan fingerprint density at radius 1 is 1.27 bits per heavy atom.